The van der Waals surface area contributed by atoms with Gasteiger partial charge in [0.15, 0.2) is 0 Å². The van der Waals surface area contributed by atoms with Gasteiger partial charge < -0.3 is 10.2 Å². The number of rotatable bonds is 2. The van der Waals surface area contributed by atoms with Crippen LogP contribution in [0.3, 0.4) is 0 Å². The minimum Gasteiger partial charge on any atom is -0.332 e. The standard InChI is InChI=1S/C20H22N2O/c1-14-5-2-3-6-18(14)19-7-4-10-22(19)20(23)15-8-9-16-12-21-13-17(16)11-15/h2-3,5-6,8-9,11,19,21H,4,7,10,12-13H2,1H3. The quantitative estimate of drug-likeness (QED) is 0.920. The van der Waals surface area contributed by atoms with Gasteiger partial charge in [0.25, 0.3) is 5.91 Å². The second-order valence-corrected chi connectivity index (χ2v) is 6.60. The SMILES string of the molecule is Cc1ccccc1C1CCCN1C(=O)c1ccc2c(c1)CNC2. The highest BCUT2D eigenvalue weighted by Crippen LogP contribution is 2.35. The molecule has 1 N–H and O–H groups in total. The minimum atomic E-state index is 0.172. The van der Waals surface area contributed by atoms with E-state index in [0.717, 1.165) is 38.0 Å². The maximum Gasteiger partial charge on any atom is 0.254 e. The molecule has 0 aliphatic carbocycles. The molecule has 0 bridgehead atoms. The third-order valence-corrected chi connectivity index (χ3v) is 5.15. The van der Waals surface area contributed by atoms with Gasteiger partial charge in [-0.1, -0.05) is 30.3 Å². The number of fused-ring (bicyclic) bond motifs is 1. The van der Waals surface area contributed by atoms with E-state index in [1.54, 1.807) is 0 Å². The molecule has 3 heteroatoms. The molecule has 1 unspecified atom stereocenters. The Morgan fingerprint density at radius 3 is 2.83 bits per heavy atom. The predicted octanol–water partition coefficient (Wildman–Crippen LogP) is 3.58. The molecule has 0 saturated carbocycles. The number of nitrogens with zero attached hydrogens (tertiary/aromatic N) is 1. The number of hydrogen-bond donors (Lipinski definition) is 1. The fraction of sp³-hybridized carbons (Fsp3) is 0.350. The highest BCUT2D eigenvalue weighted by Gasteiger charge is 2.31. The number of carbonyl (C=O) groups excluding carboxylic acids is 1. The molecule has 1 atom stereocenters. The van der Waals surface area contributed by atoms with Crippen molar-refractivity contribution >= 4 is 5.91 Å². The smallest absolute Gasteiger partial charge is 0.254 e. The maximum atomic E-state index is 13.0. The van der Waals surface area contributed by atoms with E-state index in [1.165, 1.54) is 22.3 Å². The summed E-state index contributed by atoms with van der Waals surface area (Å²) >= 11 is 0. The number of nitrogens with one attached hydrogen (secondary N) is 1. The summed E-state index contributed by atoms with van der Waals surface area (Å²) in [5.41, 5.74) is 5.98. The largest absolute Gasteiger partial charge is 0.332 e. The number of likely N-dealkylation sites (tertiary alicyclic amines) is 1. The van der Waals surface area contributed by atoms with Gasteiger partial charge in [-0.3, -0.25) is 4.79 Å². The number of aryl methyl sites for hydroxylation is 1. The summed E-state index contributed by atoms with van der Waals surface area (Å²) in [7, 11) is 0. The molecule has 2 aliphatic heterocycles. The molecule has 3 nitrogen and oxygen atoms in total. The van der Waals surface area contributed by atoms with Gasteiger partial charge >= 0.3 is 0 Å². The topological polar surface area (TPSA) is 32.3 Å². The number of amides is 1. The van der Waals surface area contributed by atoms with Crippen molar-refractivity contribution in [2.75, 3.05) is 6.54 Å². The molecule has 0 aromatic heterocycles. The third kappa shape index (κ3) is 2.55. The first-order valence-corrected chi connectivity index (χ1v) is 8.43. The van der Waals surface area contributed by atoms with Gasteiger partial charge in [-0.15, -0.1) is 0 Å². The molecule has 2 aliphatic rings. The summed E-state index contributed by atoms with van der Waals surface area (Å²) in [6.45, 7) is 4.78. The summed E-state index contributed by atoms with van der Waals surface area (Å²) < 4.78 is 0. The zero-order valence-corrected chi connectivity index (χ0v) is 13.5. The Bertz CT molecular complexity index is 753. The Labute approximate surface area is 137 Å². The lowest BCUT2D eigenvalue weighted by Crippen LogP contribution is -2.31. The molecule has 23 heavy (non-hydrogen) atoms. The van der Waals surface area contributed by atoms with Gasteiger partial charge in [-0.25, -0.2) is 0 Å². The van der Waals surface area contributed by atoms with Crippen LogP contribution in [0.2, 0.25) is 0 Å². The van der Waals surface area contributed by atoms with Crippen LogP contribution in [-0.2, 0) is 13.1 Å². The van der Waals surface area contributed by atoms with Crippen LogP contribution in [0.1, 0.15) is 51.5 Å². The fourth-order valence-corrected chi connectivity index (χ4v) is 3.89. The monoisotopic (exact) mass is 306 g/mol. The van der Waals surface area contributed by atoms with E-state index < -0.39 is 0 Å². The van der Waals surface area contributed by atoms with Crippen LogP contribution < -0.4 is 5.32 Å². The van der Waals surface area contributed by atoms with Gasteiger partial charge in [0, 0.05) is 25.2 Å². The van der Waals surface area contributed by atoms with Crippen LogP contribution in [0.5, 0.6) is 0 Å². The van der Waals surface area contributed by atoms with Gasteiger partial charge in [0.1, 0.15) is 0 Å². The van der Waals surface area contributed by atoms with Gasteiger partial charge in [-0.2, -0.15) is 0 Å². The molecule has 1 saturated heterocycles. The molecule has 118 valence electrons. The second-order valence-electron chi connectivity index (χ2n) is 6.60. The van der Waals surface area contributed by atoms with Crippen LogP contribution in [0.4, 0.5) is 0 Å². The third-order valence-electron chi connectivity index (χ3n) is 5.15. The van der Waals surface area contributed by atoms with Crippen LogP contribution >= 0.6 is 0 Å². The predicted molar refractivity (Wildman–Crippen MR) is 91.2 cm³/mol. The summed E-state index contributed by atoms with van der Waals surface area (Å²) in [5, 5.41) is 3.34. The molecular weight excluding hydrogens is 284 g/mol. The van der Waals surface area contributed by atoms with Crippen LogP contribution in [0, 0.1) is 6.92 Å². The zero-order chi connectivity index (χ0) is 15.8. The average Bonchev–Trinajstić information content (AvgIpc) is 3.23. The van der Waals surface area contributed by atoms with E-state index in [2.05, 4.69) is 53.5 Å². The van der Waals surface area contributed by atoms with Gasteiger partial charge in [-0.05, 0) is 54.2 Å². The fourth-order valence-electron chi connectivity index (χ4n) is 3.89. The summed E-state index contributed by atoms with van der Waals surface area (Å²) in [5.74, 6) is 0.172. The van der Waals surface area contributed by atoms with E-state index in [-0.39, 0.29) is 11.9 Å². The first-order valence-electron chi connectivity index (χ1n) is 8.43. The number of carbonyl (C=O) groups is 1. The van der Waals surface area contributed by atoms with Crippen molar-refractivity contribution in [1.29, 1.82) is 0 Å². The first-order chi connectivity index (χ1) is 11.2. The molecule has 0 radical (unpaired) electrons. The Hall–Kier alpha value is -2.13. The number of hydrogen-bond acceptors (Lipinski definition) is 2. The van der Waals surface area contributed by atoms with Crippen molar-refractivity contribution in [2.45, 2.75) is 38.9 Å². The molecule has 0 spiro atoms. The lowest BCUT2D eigenvalue weighted by molar-refractivity contribution is 0.0735. The first kappa shape index (κ1) is 14.5. The van der Waals surface area contributed by atoms with Crippen LogP contribution in [0.25, 0.3) is 0 Å². The summed E-state index contributed by atoms with van der Waals surface area (Å²) in [6, 6.07) is 14.8. The van der Waals surface area contributed by atoms with E-state index in [4.69, 9.17) is 0 Å². The van der Waals surface area contributed by atoms with Crippen molar-refractivity contribution in [3.8, 4) is 0 Å². The Morgan fingerprint density at radius 2 is 1.96 bits per heavy atom. The molecule has 4 rings (SSSR count). The maximum absolute atomic E-state index is 13.0. The molecule has 2 aromatic carbocycles. The van der Waals surface area contributed by atoms with Crippen molar-refractivity contribution in [3.63, 3.8) is 0 Å². The highest BCUT2D eigenvalue weighted by molar-refractivity contribution is 5.95. The molecule has 1 fully saturated rings. The summed E-state index contributed by atoms with van der Waals surface area (Å²) in [4.78, 5) is 15.1. The van der Waals surface area contributed by atoms with Crippen LogP contribution in [-0.4, -0.2) is 17.4 Å². The Morgan fingerprint density at radius 1 is 1.13 bits per heavy atom. The van der Waals surface area contributed by atoms with Crippen molar-refractivity contribution in [3.05, 3.63) is 70.3 Å². The highest BCUT2D eigenvalue weighted by atomic mass is 16.2. The normalized spacial score (nSPS) is 19.9. The van der Waals surface area contributed by atoms with E-state index in [0.29, 0.717) is 0 Å². The van der Waals surface area contributed by atoms with Gasteiger partial charge in [0.05, 0.1) is 6.04 Å². The average molecular weight is 306 g/mol. The van der Waals surface area contributed by atoms with E-state index in [9.17, 15) is 4.79 Å². The van der Waals surface area contributed by atoms with Gasteiger partial charge in [0.2, 0.25) is 0 Å². The van der Waals surface area contributed by atoms with E-state index >= 15 is 0 Å². The second kappa shape index (κ2) is 5.82. The lowest BCUT2D eigenvalue weighted by atomic mass is 9.98. The number of benzene rings is 2. The van der Waals surface area contributed by atoms with Crippen molar-refractivity contribution in [1.82, 2.24) is 10.2 Å². The van der Waals surface area contributed by atoms with Crippen molar-refractivity contribution in [2.24, 2.45) is 0 Å². The Balaban J connectivity index is 1.64. The zero-order valence-electron chi connectivity index (χ0n) is 13.5. The van der Waals surface area contributed by atoms with Crippen LogP contribution in [0.15, 0.2) is 42.5 Å². The molecule has 2 heterocycles. The van der Waals surface area contributed by atoms with E-state index in [1.807, 2.05) is 6.07 Å². The minimum absolute atomic E-state index is 0.172. The molecule has 1 amide bonds. The summed E-state index contributed by atoms with van der Waals surface area (Å²) in [6.07, 6.45) is 2.14. The molecule has 2 aromatic rings. The lowest BCUT2D eigenvalue weighted by Gasteiger charge is -2.26. The van der Waals surface area contributed by atoms with Crippen molar-refractivity contribution < 1.29 is 4.79 Å². The molecular formula is C20H22N2O. The Kier molecular flexibility index (Phi) is 3.66.